The lowest BCUT2D eigenvalue weighted by molar-refractivity contribution is -0.116. The molecular weight excluding hydrogens is 400 g/mol. The molecule has 1 aliphatic heterocycles. The number of piperazine rings is 1. The van der Waals surface area contributed by atoms with Gasteiger partial charge < -0.3 is 14.6 Å². The Bertz CT molecular complexity index is 804. The molecule has 0 saturated carbocycles. The first kappa shape index (κ1) is 22.8. The van der Waals surface area contributed by atoms with Crippen molar-refractivity contribution in [2.24, 2.45) is 0 Å². The number of nitrogens with zero attached hydrogens (tertiary/aromatic N) is 2. The lowest BCUT2D eigenvalue weighted by Gasteiger charge is -2.35. The molecule has 0 spiro atoms. The Morgan fingerprint density at radius 2 is 1.77 bits per heavy atom. The summed E-state index contributed by atoms with van der Waals surface area (Å²) in [7, 11) is 0. The Labute approximate surface area is 184 Å². The van der Waals surface area contributed by atoms with Crippen LogP contribution in [0, 0.1) is 0 Å². The van der Waals surface area contributed by atoms with Crippen molar-refractivity contribution < 1.29 is 14.6 Å². The molecular formula is C24H31ClN2O3. The van der Waals surface area contributed by atoms with Crippen LogP contribution in [-0.2, 0) is 17.8 Å². The molecule has 0 aromatic heterocycles. The van der Waals surface area contributed by atoms with Gasteiger partial charge in [-0.25, -0.2) is 0 Å². The molecule has 3 rings (SSSR count). The Kier molecular flexibility index (Phi) is 8.70. The fraction of sp³-hybridized carbons (Fsp3) is 0.458. The molecule has 1 aliphatic rings. The van der Waals surface area contributed by atoms with Crippen molar-refractivity contribution in [3.8, 4) is 5.75 Å². The van der Waals surface area contributed by atoms with Gasteiger partial charge in [0.1, 0.15) is 24.2 Å². The van der Waals surface area contributed by atoms with Crippen LogP contribution in [0.15, 0.2) is 48.5 Å². The van der Waals surface area contributed by atoms with Gasteiger partial charge in [0, 0.05) is 50.7 Å². The van der Waals surface area contributed by atoms with Gasteiger partial charge in [-0.1, -0.05) is 35.9 Å². The summed E-state index contributed by atoms with van der Waals surface area (Å²) in [6, 6.07) is 15.8. The first-order chi connectivity index (χ1) is 14.5. The van der Waals surface area contributed by atoms with Crippen molar-refractivity contribution >= 4 is 17.4 Å². The molecule has 1 unspecified atom stereocenters. The molecule has 2 aromatic rings. The number of rotatable bonds is 10. The zero-order chi connectivity index (χ0) is 21.3. The zero-order valence-electron chi connectivity index (χ0n) is 17.6. The van der Waals surface area contributed by atoms with Crippen molar-refractivity contribution in [3.63, 3.8) is 0 Å². The number of β-amino-alcohol motifs (C(OH)–C–C–N with tert-alkyl or cyclic N) is 1. The van der Waals surface area contributed by atoms with Crippen LogP contribution < -0.4 is 4.74 Å². The molecule has 30 heavy (non-hydrogen) atoms. The van der Waals surface area contributed by atoms with E-state index in [1.54, 1.807) is 6.92 Å². The highest BCUT2D eigenvalue weighted by Gasteiger charge is 2.19. The Balaban J connectivity index is 1.34. The summed E-state index contributed by atoms with van der Waals surface area (Å²) < 4.78 is 5.73. The van der Waals surface area contributed by atoms with Crippen LogP contribution in [0.5, 0.6) is 5.75 Å². The highest BCUT2D eigenvalue weighted by Crippen LogP contribution is 2.15. The number of hydrogen-bond donors (Lipinski definition) is 1. The highest BCUT2D eigenvalue weighted by molar-refractivity contribution is 6.30. The molecule has 1 N–H and O–H groups in total. The smallest absolute Gasteiger partial charge is 0.130 e. The summed E-state index contributed by atoms with van der Waals surface area (Å²) in [6.45, 7) is 7.21. The van der Waals surface area contributed by atoms with Crippen molar-refractivity contribution in [3.05, 3.63) is 64.7 Å². The van der Waals surface area contributed by atoms with Crippen LogP contribution in [0.25, 0.3) is 0 Å². The lowest BCUT2D eigenvalue weighted by Crippen LogP contribution is -2.48. The van der Waals surface area contributed by atoms with Crippen molar-refractivity contribution in [1.82, 2.24) is 9.80 Å². The fourth-order valence-corrected chi connectivity index (χ4v) is 3.85. The second-order valence-electron chi connectivity index (χ2n) is 8.02. The summed E-state index contributed by atoms with van der Waals surface area (Å²) in [4.78, 5) is 15.8. The predicted molar refractivity (Wildman–Crippen MR) is 120 cm³/mol. The summed E-state index contributed by atoms with van der Waals surface area (Å²) >= 11 is 6.07. The van der Waals surface area contributed by atoms with Crippen LogP contribution in [0.1, 0.15) is 24.5 Å². The first-order valence-electron chi connectivity index (χ1n) is 10.6. The SMILES string of the molecule is CC(=O)CCc1ccc(OCC(O)CN2CCN(Cc3cccc(Cl)c3)CC2)cc1. The molecule has 6 heteroatoms. The van der Waals surface area contributed by atoms with Gasteiger partial charge in [0.25, 0.3) is 0 Å². The fourth-order valence-electron chi connectivity index (χ4n) is 3.64. The van der Waals surface area contributed by atoms with E-state index in [-0.39, 0.29) is 12.4 Å². The van der Waals surface area contributed by atoms with Crippen LogP contribution in [0.4, 0.5) is 0 Å². The standard InChI is InChI=1S/C24H31ClN2O3/c1-19(28)5-6-20-7-9-24(10-8-20)30-18-23(29)17-27-13-11-26(12-14-27)16-21-3-2-4-22(25)15-21/h2-4,7-10,15,23,29H,5-6,11-14,16-18H2,1H3. The lowest BCUT2D eigenvalue weighted by atomic mass is 10.1. The van der Waals surface area contributed by atoms with Crippen LogP contribution in [-0.4, -0.2) is 66.1 Å². The number of carbonyl (C=O) groups is 1. The second-order valence-corrected chi connectivity index (χ2v) is 8.45. The number of aliphatic hydroxyl groups is 1. The summed E-state index contributed by atoms with van der Waals surface area (Å²) in [5, 5.41) is 11.1. The average molecular weight is 431 g/mol. The highest BCUT2D eigenvalue weighted by atomic mass is 35.5. The molecule has 1 atom stereocenters. The molecule has 0 radical (unpaired) electrons. The number of aryl methyl sites for hydroxylation is 1. The minimum Gasteiger partial charge on any atom is -0.491 e. The normalized spacial score (nSPS) is 16.4. The Morgan fingerprint density at radius 3 is 2.43 bits per heavy atom. The maximum atomic E-state index is 11.1. The van der Waals surface area contributed by atoms with Gasteiger partial charge in [0.2, 0.25) is 0 Å². The number of carbonyl (C=O) groups excluding carboxylic acids is 1. The van der Waals surface area contributed by atoms with E-state index in [1.165, 1.54) is 5.56 Å². The van der Waals surface area contributed by atoms with E-state index in [1.807, 2.05) is 42.5 Å². The molecule has 2 aromatic carbocycles. The quantitative estimate of drug-likeness (QED) is 0.626. The van der Waals surface area contributed by atoms with E-state index in [4.69, 9.17) is 16.3 Å². The van der Waals surface area contributed by atoms with Gasteiger partial charge in [-0.15, -0.1) is 0 Å². The number of hydrogen-bond acceptors (Lipinski definition) is 5. The number of benzene rings is 2. The summed E-state index contributed by atoms with van der Waals surface area (Å²) in [6.07, 6.45) is 0.786. The van der Waals surface area contributed by atoms with E-state index < -0.39 is 6.10 Å². The zero-order valence-corrected chi connectivity index (χ0v) is 18.4. The van der Waals surface area contributed by atoms with Gasteiger partial charge >= 0.3 is 0 Å². The summed E-state index contributed by atoms with van der Waals surface area (Å²) in [5.74, 6) is 0.940. The Hall–Kier alpha value is -1.92. The molecule has 162 valence electrons. The average Bonchev–Trinajstić information content (AvgIpc) is 2.73. The topological polar surface area (TPSA) is 53.0 Å². The maximum Gasteiger partial charge on any atom is 0.130 e. The van der Waals surface area contributed by atoms with Gasteiger partial charge in [-0.2, -0.15) is 0 Å². The van der Waals surface area contributed by atoms with E-state index in [9.17, 15) is 9.90 Å². The third kappa shape index (κ3) is 7.73. The van der Waals surface area contributed by atoms with Crippen molar-refractivity contribution in [1.29, 1.82) is 0 Å². The predicted octanol–water partition coefficient (Wildman–Crippen LogP) is 3.42. The largest absolute Gasteiger partial charge is 0.491 e. The monoisotopic (exact) mass is 430 g/mol. The van der Waals surface area contributed by atoms with Crippen molar-refractivity contribution in [2.75, 3.05) is 39.3 Å². The van der Waals surface area contributed by atoms with E-state index in [0.717, 1.165) is 55.5 Å². The van der Waals surface area contributed by atoms with Crippen molar-refractivity contribution in [2.45, 2.75) is 32.4 Å². The number of Topliss-reactive ketones (excluding diaryl/α,β-unsaturated/α-hetero) is 1. The number of ether oxygens (including phenoxy) is 1. The molecule has 1 fully saturated rings. The molecule has 1 heterocycles. The van der Waals surface area contributed by atoms with Crippen LogP contribution in [0.3, 0.4) is 0 Å². The van der Waals surface area contributed by atoms with Gasteiger partial charge in [0.05, 0.1) is 0 Å². The van der Waals surface area contributed by atoms with Gasteiger partial charge in [-0.05, 0) is 48.7 Å². The number of halogens is 1. The minimum absolute atomic E-state index is 0.198. The van der Waals surface area contributed by atoms with Gasteiger partial charge in [-0.3, -0.25) is 9.80 Å². The third-order valence-corrected chi connectivity index (χ3v) is 5.60. The molecule has 0 bridgehead atoms. The number of aliphatic hydroxyl groups excluding tert-OH is 1. The molecule has 0 aliphatic carbocycles. The maximum absolute atomic E-state index is 11.1. The van der Waals surface area contributed by atoms with E-state index in [2.05, 4.69) is 15.9 Å². The van der Waals surface area contributed by atoms with Crippen LogP contribution in [0.2, 0.25) is 5.02 Å². The molecule has 0 amide bonds. The molecule has 5 nitrogen and oxygen atoms in total. The van der Waals surface area contributed by atoms with Gasteiger partial charge in [0.15, 0.2) is 0 Å². The summed E-state index contributed by atoms with van der Waals surface area (Å²) in [5.41, 5.74) is 2.35. The van der Waals surface area contributed by atoms with E-state index >= 15 is 0 Å². The van der Waals surface area contributed by atoms with E-state index in [0.29, 0.717) is 13.0 Å². The molecule has 1 saturated heterocycles. The minimum atomic E-state index is -0.526. The third-order valence-electron chi connectivity index (χ3n) is 5.36. The number of ketones is 1. The van der Waals surface area contributed by atoms with Crippen LogP contribution >= 0.6 is 11.6 Å². The Morgan fingerprint density at radius 1 is 1.07 bits per heavy atom. The first-order valence-corrected chi connectivity index (χ1v) is 10.9. The second kappa shape index (κ2) is 11.5.